The van der Waals surface area contributed by atoms with Gasteiger partial charge in [0.25, 0.3) is 5.91 Å². The first-order chi connectivity index (χ1) is 11.2. The van der Waals surface area contributed by atoms with E-state index in [9.17, 15) is 9.18 Å². The highest BCUT2D eigenvalue weighted by Gasteiger charge is 2.28. The molecule has 0 saturated carbocycles. The number of carbonyl (C=O) groups excluding carboxylic acids is 1. The van der Waals surface area contributed by atoms with Crippen LogP contribution in [-0.4, -0.2) is 40.8 Å². The van der Waals surface area contributed by atoms with Gasteiger partial charge in [0.15, 0.2) is 17.4 Å². The van der Waals surface area contributed by atoms with Crippen LogP contribution in [0.25, 0.3) is 0 Å². The van der Waals surface area contributed by atoms with Gasteiger partial charge in [-0.25, -0.2) is 9.37 Å². The van der Waals surface area contributed by atoms with Gasteiger partial charge in [0.2, 0.25) is 0 Å². The molecule has 2 heterocycles. The summed E-state index contributed by atoms with van der Waals surface area (Å²) >= 11 is 0. The van der Waals surface area contributed by atoms with Crippen molar-refractivity contribution in [2.75, 3.05) is 13.7 Å². The standard InChI is InChI=1S/C15H17FN4O3/c1-22-13-6-9(2-4-11(13)16)15(21)17-7-10-3-5-12(23-10)14-18-8-19-20-14/h2,4,6,8,10,12H,3,5,7H2,1H3,(H,17,21)(H,18,19,20)/t10-,12+/m1/s1. The summed E-state index contributed by atoms with van der Waals surface area (Å²) in [5.41, 5.74) is 0.341. The zero-order valence-corrected chi connectivity index (χ0v) is 12.6. The number of H-pyrrole nitrogens is 1. The summed E-state index contributed by atoms with van der Waals surface area (Å²) in [6, 6.07) is 4.00. The van der Waals surface area contributed by atoms with Crippen LogP contribution in [0.5, 0.6) is 5.75 Å². The van der Waals surface area contributed by atoms with Gasteiger partial charge in [-0.15, -0.1) is 0 Å². The summed E-state index contributed by atoms with van der Waals surface area (Å²) in [4.78, 5) is 16.2. The largest absolute Gasteiger partial charge is 0.494 e. The van der Waals surface area contributed by atoms with Gasteiger partial charge in [-0.05, 0) is 31.0 Å². The second kappa shape index (κ2) is 6.74. The van der Waals surface area contributed by atoms with Gasteiger partial charge in [0.05, 0.1) is 13.2 Å². The van der Waals surface area contributed by atoms with Crippen LogP contribution < -0.4 is 10.1 Å². The Morgan fingerprint density at radius 2 is 2.39 bits per heavy atom. The fraction of sp³-hybridized carbons (Fsp3) is 0.400. The van der Waals surface area contributed by atoms with Gasteiger partial charge in [0.1, 0.15) is 12.4 Å². The van der Waals surface area contributed by atoms with E-state index in [1.807, 2.05) is 0 Å². The summed E-state index contributed by atoms with van der Waals surface area (Å²) < 4.78 is 24.0. The molecule has 3 rings (SSSR count). The molecule has 2 atom stereocenters. The van der Waals surface area contributed by atoms with E-state index in [1.165, 1.54) is 31.6 Å². The minimum absolute atomic E-state index is 0.0418. The van der Waals surface area contributed by atoms with Crippen molar-refractivity contribution in [3.63, 3.8) is 0 Å². The predicted molar refractivity (Wildman–Crippen MR) is 78.5 cm³/mol. The third kappa shape index (κ3) is 3.48. The second-order valence-corrected chi connectivity index (χ2v) is 5.25. The van der Waals surface area contributed by atoms with Crippen LogP contribution >= 0.6 is 0 Å². The van der Waals surface area contributed by atoms with E-state index < -0.39 is 5.82 Å². The monoisotopic (exact) mass is 320 g/mol. The number of nitrogens with one attached hydrogen (secondary N) is 2. The highest BCUT2D eigenvalue weighted by molar-refractivity contribution is 5.94. The maximum atomic E-state index is 13.4. The van der Waals surface area contributed by atoms with E-state index in [-0.39, 0.29) is 23.9 Å². The van der Waals surface area contributed by atoms with Crippen LogP contribution in [0.15, 0.2) is 24.5 Å². The summed E-state index contributed by atoms with van der Waals surface area (Å²) in [6.45, 7) is 0.378. The van der Waals surface area contributed by atoms with Gasteiger partial charge >= 0.3 is 0 Å². The van der Waals surface area contributed by atoms with Crippen LogP contribution in [0.2, 0.25) is 0 Å². The first-order valence-corrected chi connectivity index (χ1v) is 7.30. The molecule has 1 amide bonds. The molecule has 0 unspecified atom stereocenters. The molecule has 0 bridgehead atoms. The smallest absolute Gasteiger partial charge is 0.251 e. The lowest BCUT2D eigenvalue weighted by atomic mass is 10.1. The van der Waals surface area contributed by atoms with E-state index in [1.54, 1.807) is 0 Å². The second-order valence-electron chi connectivity index (χ2n) is 5.25. The van der Waals surface area contributed by atoms with Crippen molar-refractivity contribution in [2.24, 2.45) is 0 Å². The van der Waals surface area contributed by atoms with Crippen LogP contribution in [0.4, 0.5) is 4.39 Å². The minimum atomic E-state index is -0.502. The molecule has 7 nitrogen and oxygen atoms in total. The molecule has 2 N–H and O–H groups in total. The predicted octanol–water partition coefficient (Wildman–Crippen LogP) is 1.60. The molecule has 1 aromatic carbocycles. The number of halogens is 1. The maximum absolute atomic E-state index is 13.4. The van der Waals surface area contributed by atoms with Gasteiger partial charge in [-0.3, -0.25) is 9.89 Å². The lowest BCUT2D eigenvalue weighted by molar-refractivity contribution is 0.0392. The Labute approximate surface area is 132 Å². The SMILES string of the molecule is COc1cc(C(=O)NC[C@H]2CC[C@@H](c3ncn[nH]3)O2)ccc1F. The lowest BCUT2D eigenvalue weighted by Gasteiger charge is -2.13. The van der Waals surface area contributed by atoms with Gasteiger partial charge in [0, 0.05) is 12.1 Å². The number of nitrogens with zero attached hydrogens (tertiary/aromatic N) is 2. The molecule has 122 valence electrons. The highest BCUT2D eigenvalue weighted by atomic mass is 19.1. The van der Waals surface area contributed by atoms with Gasteiger partial charge in [-0.2, -0.15) is 5.10 Å². The zero-order chi connectivity index (χ0) is 16.2. The summed E-state index contributed by atoms with van der Waals surface area (Å²) in [5.74, 6) is -0.0599. The summed E-state index contributed by atoms with van der Waals surface area (Å²) in [5, 5.41) is 9.38. The Morgan fingerprint density at radius 3 is 3.13 bits per heavy atom. The number of benzene rings is 1. The number of hydrogen-bond donors (Lipinski definition) is 2. The molecule has 1 saturated heterocycles. The van der Waals surface area contributed by atoms with Crippen molar-refractivity contribution in [2.45, 2.75) is 25.0 Å². The molecule has 1 aliphatic heterocycles. The molecule has 1 aromatic heterocycles. The number of amides is 1. The van der Waals surface area contributed by atoms with Gasteiger partial charge < -0.3 is 14.8 Å². The molecular formula is C15H17FN4O3. The number of methoxy groups -OCH3 is 1. The van der Waals surface area contributed by atoms with Crippen molar-refractivity contribution >= 4 is 5.91 Å². The number of hydrogen-bond acceptors (Lipinski definition) is 5. The maximum Gasteiger partial charge on any atom is 0.251 e. The molecule has 1 aliphatic rings. The molecule has 23 heavy (non-hydrogen) atoms. The number of aromatic nitrogens is 3. The fourth-order valence-corrected chi connectivity index (χ4v) is 2.54. The molecule has 1 fully saturated rings. The van der Waals surface area contributed by atoms with Crippen molar-refractivity contribution < 1.29 is 18.7 Å². The number of rotatable bonds is 5. The topological polar surface area (TPSA) is 89.1 Å². The quantitative estimate of drug-likeness (QED) is 0.873. The molecule has 2 aromatic rings. The molecular weight excluding hydrogens is 303 g/mol. The Hall–Kier alpha value is -2.48. The van der Waals surface area contributed by atoms with E-state index in [0.717, 1.165) is 12.8 Å². The van der Waals surface area contributed by atoms with Crippen molar-refractivity contribution in [1.29, 1.82) is 0 Å². The van der Waals surface area contributed by atoms with Crippen LogP contribution in [0, 0.1) is 5.82 Å². The van der Waals surface area contributed by atoms with Crippen molar-refractivity contribution in [3.8, 4) is 5.75 Å². The molecule has 0 spiro atoms. The number of carbonyl (C=O) groups is 1. The third-order valence-electron chi connectivity index (χ3n) is 3.75. The first-order valence-electron chi connectivity index (χ1n) is 7.30. The first kappa shape index (κ1) is 15.4. The Kier molecular flexibility index (Phi) is 4.52. The number of aromatic amines is 1. The molecule has 0 radical (unpaired) electrons. The minimum Gasteiger partial charge on any atom is -0.494 e. The third-order valence-corrected chi connectivity index (χ3v) is 3.75. The molecule has 8 heteroatoms. The fourth-order valence-electron chi connectivity index (χ4n) is 2.54. The Balaban J connectivity index is 1.53. The normalized spacial score (nSPS) is 20.4. The van der Waals surface area contributed by atoms with E-state index in [0.29, 0.717) is 17.9 Å². The average molecular weight is 320 g/mol. The van der Waals surface area contributed by atoms with E-state index in [4.69, 9.17) is 9.47 Å². The van der Waals surface area contributed by atoms with Crippen LogP contribution in [0.3, 0.4) is 0 Å². The Bertz CT molecular complexity index is 677. The summed E-state index contributed by atoms with van der Waals surface area (Å²) in [7, 11) is 1.36. The molecule has 0 aliphatic carbocycles. The average Bonchev–Trinajstić information content (AvgIpc) is 3.24. The van der Waals surface area contributed by atoms with Gasteiger partial charge in [-0.1, -0.05) is 0 Å². The lowest BCUT2D eigenvalue weighted by Crippen LogP contribution is -2.31. The van der Waals surface area contributed by atoms with E-state index in [2.05, 4.69) is 20.5 Å². The Morgan fingerprint density at radius 1 is 1.52 bits per heavy atom. The van der Waals surface area contributed by atoms with Crippen LogP contribution in [0.1, 0.15) is 35.1 Å². The van der Waals surface area contributed by atoms with Crippen molar-refractivity contribution in [3.05, 3.63) is 41.7 Å². The van der Waals surface area contributed by atoms with Crippen molar-refractivity contribution in [1.82, 2.24) is 20.5 Å². The highest BCUT2D eigenvalue weighted by Crippen LogP contribution is 2.30. The zero-order valence-electron chi connectivity index (χ0n) is 12.6. The van der Waals surface area contributed by atoms with Crippen LogP contribution in [-0.2, 0) is 4.74 Å². The number of ether oxygens (including phenoxy) is 2. The van der Waals surface area contributed by atoms with E-state index >= 15 is 0 Å². The summed E-state index contributed by atoms with van der Waals surface area (Å²) in [6.07, 6.45) is 2.87.